The lowest BCUT2D eigenvalue weighted by atomic mass is 9.97. The van der Waals surface area contributed by atoms with E-state index in [2.05, 4.69) is 14.9 Å². The number of aromatic nitrogens is 2. The Morgan fingerprint density at radius 2 is 2.00 bits per heavy atom. The van der Waals surface area contributed by atoms with Crippen molar-refractivity contribution in [1.29, 1.82) is 0 Å². The molecule has 110 valence electrons. The minimum atomic E-state index is -1.10. The fraction of sp³-hybridized carbons (Fsp3) is 0.286. The van der Waals surface area contributed by atoms with Gasteiger partial charge in [0.05, 0.1) is 5.69 Å². The third kappa shape index (κ3) is 3.08. The van der Waals surface area contributed by atoms with Crippen molar-refractivity contribution in [2.75, 3.05) is 0 Å². The fourth-order valence-corrected chi connectivity index (χ4v) is 2.56. The van der Waals surface area contributed by atoms with Crippen molar-refractivity contribution in [3.8, 4) is 0 Å². The summed E-state index contributed by atoms with van der Waals surface area (Å²) in [6.45, 7) is 5.40. The number of benzene rings is 1. The van der Waals surface area contributed by atoms with Gasteiger partial charge in [0.25, 0.3) is 5.91 Å². The third-order valence-corrected chi connectivity index (χ3v) is 4.16. The first-order valence-electron chi connectivity index (χ1n) is 6.30. The minimum absolute atomic E-state index is 0.326. The van der Waals surface area contributed by atoms with Crippen molar-refractivity contribution in [2.24, 2.45) is 0 Å². The van der Waals surface area contributed by atoms with Crippen molar-refractivity contribution >= 4 is 23.4 Å². The maximum Gasteiger partial charge on any atom is 0.330 e. The molecule has 2 rings (SSSR count). The van der Waals surface area contributed by atoms with Crippen LogP contribution in [0.3, 0.4) is 0 Å². The monoisotopic (exact) mass is 305 g/mol. The Morgan fingerprint density at radius 3 is 2.57 bits per heavy atom. The second-order valence-electron chi connectivity index (χ2n) is 4.72. The van der Waals surface area contributed by atoms with Crippen LogP contribution in [0.2, 0.25) is 0 Å². The van der Waals surface area contributed by atoms with Crippen LogP contribution in [0.25, 0.3) is 0 Å². The van der Waals surface area contributed by atoms with Gasteiger partial charge in [0, 0.05) is 0 Å². The van der Waals surface area contributed by atoms with Gasteiger partial charge >= 0.3 is 5.97 Å². The van der Waals surface area contributed by atoms with Crippen molar-refractivity contribution in [1.82, 2.24) is 14.9 Å². The quantitative estimate of drug-likeness (QED) is 0.901. The Labute approximate surface area is 126 Å². The predicted molar refractivity (Wildman–Crippen MR) is 78.4 cm³/mol. The molecule has 0 radical (unpaired) electrons. The summed E-state index contributed by atoms with van der Waals surface area (Å²) in [6.07, 6.45) is 0. The Bertz CT molecular complexity index is 697. The van der Waals surface area contributed by atoms with Crippen LogP contribution >= 0.6 is 11.5 Å². The summed E-state index contributed by atoms with van der Waals surface area (Å²) >= 11 is 0.948. The molecule has 6 nitrogen and oxygen atoms in total. The number of hydrogen-bond acceptors (Lipinski definition) is 5. The Hall–Kier alpha value is -2.28. The molecule has 0 aliphatic rings. The first-order valence-corrected chi connectivity index (χ1v) is 7.08. The van der Waals surface area contributed by atoms with Gasteiger partial charge in [-0.2, -0.15) is 0 Å². The number of nitrogens with zero attached hydrogens (tertiary/aromatic N) is 2. The molecule has 0 aliphatic heterocycles. The van der Waals surface area contributed by atoms with Gasteiger partial charge in [-0.05, 0) is 49.0 Å². The smallest absolute Gasteiger partial charge is 0.330 e. The van der Waals surface area contributed by atoms with Gasteiger partial charge in [-0.3, -0.25) is 4.79 Å². The van der Waals surface area contributed by atoms with Gasteiger partial charge < -0.3 is 10.4 Å². The molecule has 1 aromatic heterocycles. The zero-order valence-electron chi connectivity index (χ0n) is 11.9. The van der Waals surface area contributed by atoms with Crippen LogP contribution in [0.15, 0.2) is 18.2 Å². The van der Waals surface area contributed by atoms with Crippen LogP contribution in [0.5, 0.6) is 0 Å². The molecule has 0 saturated heterocycles. The summed E-state index contributed by atoms with van der Waals surface area (Å²) in [4.78, 5) is 24.0. The number of carbonyl (C=O) groups is 2. The summed E-state index contributed by atoms with van der Waals surface area (Å²) < 4.78 is 3.68. The highest BCUT2D eigenvalue weighted by atomic mass is 32.1. The molecule has 1 aromatic carbocycles. The average molecular weight is 305 g/mol. The van der Waals surface area contributed by atoms with Gasteiger partial charge in [0.15, 0.2) is 6.04 Å². The molecule has 1 atom stereocenters. The summed E-state index contributed by atoms with van der Waals surface area (Å²) in [6, 6.07) is 4.29. The van der Waals surface area contributed by atoms with E-state index >= 15 is 0 Å². The van der Waals surface area contributed by atoms with E-state index in [1.165, 1.54) is 0 Å². The highest BCUT2D eigenvalue weighted by Crippen LogP contribution is 2.22. The molecule has 0 saturated carbocycles. The van der Waals surface area contributed by atoms with E-state index in [9.17, 15) is 14.7 Å². The Balaban J connectivity index is 2.33. The number of hydrogen-bond donors (Lipinski definition) is 2. The van der Waals surface area contributed by atoms with Gasteiger partial charge in [-0.25, -0.2) is 4.79 Å². The first kappa shape index (κ1) is 15.1. The van der Waals surface area contributed by atoms with E-state index in [1.54, 1.807) is 19.1 Å². The highest BCUT2D eigenvalue weighted by Gasteiger charge is 2.26. The molecule has 21 heavy (non-hydrogen) atoms. The van der Waals surface area contributed by atoms with Gasteiger partial charge in [-0.1, -0.05) is 22.7 Å². The molecule has 1 amide bonds. The van der Waals surface area contributed by atoms with Crippen LogP contribution in [0, 0.1) is 20.8 Å². The van der Waals surface area contributed by atoms with Crippen molar-refractivity contribution < 1.29 is 14.7 Å². The second kappa shape index (κ2) is 6.01. The van der Waals surface area contributed by atoms with Gasteiger partial charge in [0.2, 0.25) is 0 Å². The van der Waals surface area contributed by atoms with Gasteiger partial charge in [0.1, 0.15) is 4.88 Å². The fourth-order valence-electron chi connectivity index (χ4n) is 2.00. The molecule has 2 aromatic rings. The number of carbonyl (C=O) groups excluding carboxylic acids is 1. The summed E-state index contributed by atoms with van der Waals surface area (Å²) in [5.41, 5.74) is 2.89. The molecular weight excluding hydrogens is 290 g/mol. The molecule has 2 N–H and O–H groups in total. The zero-order valence-corrected chi connectivity index (χ0v) is 12.7. The van der Waals surface area contributed by atoms with Crippen LogP contribution in [0.4, 0.5) is 0 Å². The van der Waals surface area contributed by atoms with Crippen molar-refractivity contribution in [3.05, 3.63) is 45.5 Å². The Kier molecular flexibility index (Phi) is 4.32. The van der Waals surface area contributed by atoms with Crippen LogP contribution in [-0.2, 0) is 4.79 Å². The maximum atomic E-state index is 12.2. The van der Waals surface area contributed by atoms with E-state index in [0.717, 1.165) is 22.7 Å². The molecule has 0 spiro atoms. The van der Waals surface area contributed by atoms with Crippen LogP contribution in [-0.4, -0.2) is 26.6 Å². The number of carboxylic acid groups (broad SMARTS) is 1. The summed E-state index contributed by atoms with van der Waals surface area (Å²) in [5, 5.41) is 15.7. The number of rotatable bonds is 4. The topological polar surface area (TPSA) is 92.2 Å². The number of nitrogens with one attached hydrogen (secondary N) is 1. The van der Waals surface area contributed by atoms with Crippen molar-refractivity contribution in [3.63, 3.8) is 0 Å². The normalized spacial score (nSPS) is 12.0. The zero-order chi connectivity index (χ0) is 15.6. The number of amides is 1. The van der Waals surface area contributed by atoms with Crippen LogP contribution in [0.1, 0.15) is 38.1 Å². The number of carboxylic acids is 1. The van der Waals surface area contributed by atoms with E-state index in [4.69, 9.17) is 0 Å². The molecule has 1 unspecified atom stereocenters. The average Bonchev–Trinajstić information content (AvgIpc) is 2.85. The maximum absolute atomic E-state index is 12.2. The number of aryl methyl sites for hydroxylation is 2. The molecule has 0 bridgehead atoms. The second-order valence-corrected chi connectivity index (χ2v) is 5.48. The molecule has 0 fully saturated rings. The Morgan fingerprint density at radius 1 is 1.29 bits per heavy atom. The first-order chi connectivity index (χ1) is 9.91. The molecule has 1 heterocycles. The lowest BCUT2D eigenvalue weighted by Gasteiger charge is -2.17. The largest absolute Gasteiger partial charge is 0.479 e. The molecular formula is C14H15N3O3S. The predicted octanol–water partition coefficient (Wildman–Crippen LogP) is 2.02. The lowest BCUT2D eigenvalue weighted by molar-refractivity contribution is -0.139. The standard InChI is InChI=1S/C14H15N3O3S/c1-7-5-4-6-10(8(7)2)11(14(19)20)15-13(18)12-9(3)16-17-21-12/h4-6,11H,1-3H3,(H,15,18)(H,19,20). The van der Waals surface area contributed by atoms with Crippen LogP contribution < -0.4 is 5.32 Å². The lowest BCUT2D eigenvalue weighted by Crippen LogP contribution is -2.34. The number of aliphatic carboxylic acids is 1. The summed E-state index contributed by atoms with van der Waals surface area (Å²) in [7, 11) is 0. The van der Waals surface area contributed by atoms with Crippen molar-refractivity contribution in [2.45, 2.75) is 26.8 Å². The van der Waals surface area contributed by atoms with E-state index < -0.39 is 17.9 Å². The molecule has 0 aliphatic carbocycles. The molecule has 7 heteroatoms. The minimum Gasteiger partial charge on any atom is -0.479 e. The summed E-state index contributed by atoms with van der Waals surface area (Å²) in [5.74, 6) is -1.58. The van der Waals surface area contributed by atoms with E-state index in [1.807, 2.05) is 19.9 Å². The SMILES string of the molecule is Cc1cccc(C(NC(=O)c2snnc2C)C(=O)O)c1C. The van der Waals surface area contributed by atoms with Gasteiger partial charge in [-0.15, -0.1) is 5.10 Å². The third-order valence-electron chi connectivity index (χ3n) is 3.34. The highest BCUT2D eigenvalue weighted by molar-refractivity contribution is 7.08. The van der Waals surface area contributed by atoms with E-state index in [-0.39, 0.29) is 0 Å². The van der Waals surface area contributed by atoms with E-state index in [0.29, 0.717) is 16.1 Å².